The van der Waals surface area contributed by atoms with Crippen molar-refractivity contribution in [2.45, 2.75) is 39.0 Å². The first-order valence-electron chi connectivity index (χ1n) is 5.96. The summed E-state index contributed by atoms with van der Waals surface area (Å²) in [5, 5.41) is 0. The Hall–Kier alpha value is -0.568. The summed E-state index contributed by atoms with van der Waals surface area (Å²) in [6.07, 6.45) is 4.87. The summed E-state index contributed by atoms with van der Waals surface area (Å²) in [5.74, 6) is -0.596. The topological polar surface area (TPSA) is 84.1 Å². The second-order valence-electron chi connectivity index (χ2n) is 4.58. The van der Waals surface area contributed by atoms with Crippen molar-refractivity contribution in [2.24, 2.45) is 17.8 Å². The largest absolute Gasteiger partial charge is 0.885 e. The number of rotatable bonds is 2. The first-order valence-corrected chi connectivity index (χ1v) is 6.91. The third kappa shape index (κ3) is 3.01. The molecule has 17 heavy (non-hydrogen) atoms. The molecule has 0 aromatic rings. The van der Waals surface area contributed by atoms with E-state index in [-0.39, 0.29) is 29.3 Å². The zero-order valence-corrected chi connectivity index (χ0v) is 11.1. The van der Waals surface area contributed by atoms with Crippen LogP contribution in [0.25, 0.3) is 0 Å². The van der Waals surface area contributed by atoms with Crippen LogP contribution in [-0.4, -0.2) is 33.3 Å². The van der Waals surface area contributed by atoms with Gasteiger partial charge in [0.05, 0.1) is 11.8 Å². The van der Waals surface area contributed by atoms with Crippen molar-refractivity contribution in [3.63, 3.8) is 0 Å². The van der Waals surface area contributed by atoms with Gasteiger partial charge in [-0.25, -0.2) is 0 Å². The molecule has 2 fully saturated rings. The van der Waals surface area contributed by atoms with E-state index in [1.807, 2.05) is 0 Å². The van der Waals surface area contributed by atoms with Crippen LogP contribution in [0, 0.1) is 17.8 Å². The third-order valence-corrected chi connectivity index (χ3v) is 4.25. The first kappa shape index (κ1) is 14.5. The van der Waals surface area contributed by atoms with E-state index in [9.17, 15) is 9.59 Å². The maximum absolute atomic E-state index is 11.8. The Bertz CT molecular complexity index is 292. The lowest BCUT2D eigenvalue weighted by Crippen LogP contribution is -2.37. The quantitative estimate of drug-likeness (QED) is 0.679. The van der Waals surface area contributed by atoms with Gasteiger partial charge in [0, 0.05) is 0 Å². The minimum Gasteiger partial charge on any atom is -0.589 e. The predicted octanol–water partition coefficient (Wildman–Crippen LogP) is 0.628. The lowest BCUT2D eigenvalue weighted by atomic mass is 9.70. The summed E-state index contributed by atoms with van der Waals surface area (Å²) in [7, 11) is 0. The molecule has 2 N–H and O–H groups in total. The highest BCUT2D eigenvalue weighted by atomic mass is 27.2. The van der Waals surface area contributed by atoms with Gasteiger partial charge < -0.3 is 13.1 Å². The van der Waals surface area contributed by atoms with Crippen LogP contribution in [0.3, 0.4) is 0 Å². The molecule has 3 unspecified atom stereocenters. The van der Waals surface area contributed by atoms with Crippen molar-refractivity contribution in [2.75, 3.05) is 0 Å². The zero-order chi connectivity index (χ0) is 11.5. The van der Waals surface area contributed by atoms with Gasteiger partial charge in [0.2, 0.25) is 0 Å². The van der Waals surface area contributed by atoms with Crippen LogP contribution >= 0.6 is 0 Å². The van der Waals surface area contributed by atoms with Gasteiger partial charge in [-0.05, 0) is 25.2 Å². The minimum absolute atomic E-state index is 0. The lowest BCUT2D eigenvalue weighted by Gasteiger charge is -2.33. The molecule has 95 valence electrons. The fourth-order valence-electron chi connectivity index (χ4n) is 2.89. The Kier molecular flexibility index (Phi) is 5.45. The summed E-state index contributed by atoms with van der Waals surface area (Å²) >= 11 is -0.929. The molecule has 0 aromatic carbocycles. The van der Waals surface area contributed by atoms with E-state index < -0.39 is 15.9 Å². The smallest absolute Gasteiger partial charge is 0.589 e. The molecule has 3 atom stereocenters. The minimum atomic E-state index is -0.929. The molecule has 2 rings (SSSR count). The molecule has 1 radical (unpaired) electrons. The SMILES string of the molecule is CCCC1CCCC2C(=O)[O][Al][O]C(=O)C12.O. The molecule has 0 bridgehead atoms. The lowest BCUT2D eigenvalue weighted by molar-refractivity contribution is -0.149. The molecule has 1 aliphatic carbocycles. The molecule has 5 nitrogen and oxygen atoms in total. The summed E-state index contributed by atoms with van der Waals surface area (Å²) in [6.45, 7) is 2.11. The molecule has 1 saturated carbocycles. The van der Waals surface area contributed by atoms with Crippen LogP contribution < -0.4 is 0 Å². The van der Waals surface area contributed by atoms with Gasteiger partial charge in [0.1, 0.15) is 0 Å². The molecule has 1 saturated heterocycles. The number of carbonyl (C=O) groups excluding carboxylic acids is 2. The van der Waals surface area contributed by atoms with Gasteiger partial charge in [-0.15, -0.1) is 0 Å². The van der Waals surface area contributed by atoms with Gasteiger partial charge in [-0.2, -0.15) is 0 Å². The average molecular weight is 257 g/mol. The zero-order valence-electron chi connectivity index (χ0n) is 9.98. The molecule has 6 heteroatoms. The fourth-order valence-corrected chi connectivity index (χ4v) is 3.46. The average Bonchev–Trinajstić information content (AvgIpc) is 2.41. The number of hydrogen-bond acceptors (Lipinski definition) is 4. The molecule has 2 aliphatic rings. The van der Waals surface area contributed by atoms with Crippen LogP contribution in [0.1, 0.15) is 39.0 Å². The summed E-state index contributed by atoms with van der Waals surface area (Å²) in [6, 6.07) is 0. The number of fused-ring (bicyclic) bond motifs is 1. The molecule has 0 spiro atoms. The Morgan fingerprint density at radius 3 is 2.65 bits per heavy atom. The highest BCUT2D eigenvalue weighted by Gasteiger charge is 2.45. The van der Waals surface area contributed by atoms with Crippen LogP contribution in [0.15, 0.2) is 0 Å². The Labute approximate surface area is 108 Å². The molecule has 0 amide bonds. The Morgan fingerprint density at radius 1 is 1.24 bits per heavy atom. The van der Waals surface area contributed by atoms with E-state index in [2.05, 4.69) is 6.92 Å². The van der Waals surface area contributed by atoms with Gasteiger partial charge in [-0.1, -0.05) is 19.8 Å². The van der Waals surface area contributed by atoms with Crippen LogP contribution in [0.4, 0.5) is 0 Å². The maximum Gasteiger partial charge on any atom is 0.885 e. The van der Waals surface area contributed by atoms with E-state index in [1.165, 1.54) is 0 Å². The van der Waals surface area contributed by atoms with Gasteiger partial charge >= 0.3 is 15.9 Å². The van der Waals surface area contributed by atoms with Gasteiger partial charge in [0.25, 0.3) is 11.9 Å². The molecular weight excluding hydrogens is 239 g/mol. The maximum atomic E-state index is 11.8. The number of carbonyl (C=O) groups is 2. The predicted molar refractivity (Wildman–Crippen MR) is 60.8 cm³/mol. The van der Waals surface area contributed by atoms with Crippen molar-refractivity contribution in [1.82, 2.24) is 0 Å². The van der Waals surface area contributed by atoms with Crippen molar-refractivity contribution in [1.29, 1.82) is 0 Å². The summed E-state index contributed by atoms with van der Waals surface area (Å²) in [4.78, 5) is 23.6. The summed E-state index contributed by atoms with van der Waals surface area (Å²) < 4.78 is 9.99. The van der Waals surface area contributed by atoms with Crippen molar-refractivity contribution in [3.8, 4) is 0 Å². The van der Waals surface area contributed by atoms with Crippen molar-refractivity contribution < 1.29 is 22.6 Å². The highest BCUT2D eigenvalue weighted by molar-refractivity contribution is 6.27. The molecule has 1 aliphatic heterocycles. The standard InChI is InChI=1S/C11H18O4.Al.H2O/c1-2-4-7-5-3-6-8(10(12)13)9(7)11(14)15;;/h7-9H,2-6H2,1H3,(H,12,13)(H,14,15);;1H2/q;+2;/p-2. The number of hydrogen-bond donors (Lipinski definition) is 0. The summed E-state index contributed by atoms with van der Waals surface area (Å²) in [5.41, 5.74) is 0. The highest BCUT2D eigenvalue weighted by Crippen LogP contribution is 2.39. The van der Waals surface area contributed by atoms with E-state index >= 15 is 0 Å². The second kappa shape index (κ2) is 6.39. The molecule has 1 heterocycles. The van der Waals surface area contributed by atoms with Crippen molar-refractivity contribution in [3.05, 3.63) is 0 Å². The van der Waals surface area contributed by atoms with Crippen LogP contribution in [-0.2, 0) is 17.2 Å². The monoisotopic (exact) mass is 257 g/mol. The normalized spacial score (nSPS) is 32.2. The van der Waals surface area contributed by atoms with Gasteiger partial charge in [-0.3, -0.25) is 9.59 Å². The van der Waals surface area contributed by atoms with Gasteiger partial charge in [0.15, 0.2) is 0 Å². The van der Waals surface area contributed by atoms with Crippen LogP contribution in [0.5, 0.6) is 0 Å². The Morgan fingerprint density at radius 2 is 1.94 bits per heavy atom. The van der Waals surface area contributed by atoms with E-state index in [0.29, 0.717) is 5.92 Å². The van der Waals surface area contributed by atoms with E-state index in [4.69, 9.17) is 7.58 Å². The van der Waals surface area contributed by atoms with E-state index in [0.717, 1.165) is 32.1 Å². The molecule has 0 aromatic heterocycles. The van der Waals surface area contributed by atoms with Crippen LogP contribution in [0.2, 0.25) is 0 Å². The fraction of sp³-hybridized carbons (Fsp3) is 0.818. The van der Waals surface area contributed by atoms with E-state index in [1.54, 1.807) is 0 Å². The van der Waals surface area contributed by atoms with Crippen molar-refractivity contribution >= 4 is 27.8 Å². The second-order valence-corrected chi connectivity index (χ2v) is 5.25. The Balaban J connectivity index is 0.00000144. The molecular formula is C11H18AlO5. The first-order chi connectivity index (χ1) is 7.74. The third-order valence-electron chi connectivity index (χ3n) is 3.59.